The van der Waals surface area contributed by atoms with Gasteiger partial charge in [0.2, 0.25) is 0 Å². The maximum absolute atomic E-state index is 5.99. The first-order valence-electron chi connectivity index (χ1n) is 6.96. The highest BCUT2D eigenvalue weighted by Crippen LogP contribution is 2.39. The molecule has 0 aromatic heterocycles. The highest BCUT2D eigenvalue weighted by Gasteiger charge is 2.33. The molecule has 0 aromatic carbocycles. The molecular formula is C14H28N2. The van der Waals surface area contributed by atoms with Crippen LogP contribution in [-0.2, 0) is 0 Å². The molecule has 1 saturated carbocycles. The van der Waals surface area contributed by atoms with Crippen LogP contribution in [-0.4, -0.2) is 30.1 Å². The number of nitrogens with zero attached hydrogens (tertiary/aromatic N) is 1. The van der Waals surface area contributed by atoms with E-state index < -0.39 is 0 Å². The molecule has 0 bridgehead atoms. The van der Waals surface area contributed by atoms with Crippen molar-refractivity contribution in [2.24, 2.45) is 17.1 Å². The third-order valence-corrected chi connectivity index (χ3v) is 4.69. The first kappa shape index (κ1) is 12.4. The normalized spacial score (nSPS) is 37.9. The molecule has 1 aliphatic heterocycles. The van der Waals surface area contributed by atoms with Crippen molar-refractivity contribution in [1.29, 1.82) is 0 Å². The van der Waals surface area contributed by atoms with E-state index in [2.05, 4.69) is 25.7 Å². The van der Waals surface area contributed by atoms with Crippen LogP contribution in [0.4, 0.5) is 0 Å². The molecule has 2 fully saturated rings. The average molecular weight is 224 g/mol. The third kappa shape index (κ3) is 2.78. The molecule has 0 unspecified atom stereocenters. The molecule has 2 heteroatoms. The van der Waals surface area contributed by atoms with Crippen LogP contribution in [0.5, 0.6) is 0 Å². The van der Waals surface area contributed by atoms with Gasteiger partial charge in [-0.2, -0.15) is 0 Å². The molecule has 1 saturated heterocycles. The fourth-order valence-corrected chi connectivity index (χ4v) is 3.45. The Morgan fingerprint density at radius 2 is 1.62 bits per heavy atom. The molecule has 1 aliphatic carbocycles. The van der Waals surface area contributed by atoms with Gasteiger partial charge in [0.15, 0.2) is 0 Å². The van der Waals surface area contributed by atoms with Gasteiger partial charge in [-0.3, -0.25) is 4.90 Å². The Labute approximate surface area is 101 Å². The minimum absolute atomic E-state index is 0.445. The number of likely N-dealkylation sites (tertiary alicyclic amines) is 1. The summed E-state index contributed by atoms with van der Waals surface area (Å²) in [5.41, 5.74) is 6.49. The second-order valence-electron chi connectivity index (χ2n) is 6.92. The van der Waals surface area contributed by atoms with Gasteiger partial charge in [0.1, 0.15) is 0 Å². The molecule has 16 heavy (non-hydrogen) atoms. The lowest BCUT2D eigenvalue weighted by molar-refractivity contribution is 0.110. The predicted octanol–water partition coefficient (Wildman–Crippen LogP) is 2.62. The highest BCUT2D eigenvalue weighted by molar-refractivity contribution is 4.88. The Hall–Kier alpha value is -0.0800. The zero-order valence-electron chi connectivity index (χ0n) is 11.2. The van der Waals surface area contributed by atoms with E-state index in [4.69, 9.17) is 5.73 Å². The standard InChI is InChI=1S/C14H28N2/c1-14(2,3)11-4-6-13(7-5-11)16-9-8-12(15)10-16/h11-13H,4-10,15H2,1-3H3/t11?,12-,13?/m1/s1. The van der Waals surface area contributed by atoms with Gasteiger partial charge in [-0.15, -0.1) is 0 Å². The Bertz CT molecular complexity index is 223. The van der Waals surface area contributed by atoms with Gasteiger partial charge in [0.05, 0.1) is 0 Å². The lowest BCUT2D eigenvalue weighted by atomic mass is 9.71. The molecule has 2 rings (SSSR count). The topological polar surface area (TPSA) is 29.3 Å². The fourth-order valence-electron chi connectivity index (χ4n) is 3.45. The van der Waals surface area contributed by atoms with E-state index >= 15 is 0 Å². The quantitative estimate of drug-likeness (QED) is 0.742. The van der Waals surface area contributed by atoms with Crippen molar-refractivity contribution < 1.29 is 0 Å². The number of hydrogen-bond acceptors (Lipinski definition) is 2. The van der Waals surface area contributed by atoms with Crippen molar-refractivity contribution in [2.75, 3.05) is 13.1 Å². The van der Waals surface area contributed by atoms with Gasteiger partial charge in [0.25, 0.3) is 0 Å². The second-order valence-corrected chi connectivity index (χ2v) is 6.92. The van der Waals surface area contributed by atoms with E-state index in [1.165, 1.54) is 38.6 Å². The molecule has 94 valence electrons. The van der Waals surface area contributed by atoms with E-state index in [1.54, 1.807) is 0 Å². The van der Waals surface area contributed by atoms with Crippen LogP contribution >= 0.6 is 0 Å². The summed E-state index contributed by atoms with van der Waals surface area (Å²) in [6, 6.07) is 1.28. The Kier molecular flexibility index (Phi) is 3.60. The molecule has 2 N–H and O–H groups in total. The maximum Gasteiger partial charge on any atom is 0.0180 e. The van der Waals surface area contributed by atoms with Crippen molar-refractivity contribution in [3.8, 4) is 0 Å². The minimum atomic E-state index is 0.445. The van der Waals surface area contributed by atoms with Crippen LogP contribution in [0, 0.1) is 11.3 Å². The van der Waals surface area contributed by atoms with Gasteiger partial charge < -0.3 is 5.73 Å². The van der Waals surface area contributed by atoms with Crippen LogP contribution in [0.25, 0.3) is 0 Å². The maximum atomic E-state index is 5.99. The van der Waals surface area contributed by atoms with Crippen LogP contribution in [0.15, 0.2) is 0 Å². The summed E-state index contributed by atoms with van der Waals surface area (Å²) in [4.78, 5) is 2.64. The summed E-state index contributed by atoms with van der Waals surface area (Å²) in [5.74, 6) is 0.931. The molecule has 1 heterocycles. The summed E-state index contributed by atoms with van der Waals surface area (Å²) in [6.07, 6.45) is 6.84. The lowest BCUT2D eigenvalue weighted by Crippen LogP contribution is -2.39. The predicted molar refractivity (Wildman–Crippen MR) is 69.4 cm³/mol. The molecule has 1 atom stereocenters. The number of nitrogens with two attached hydrogens (primary N) is 1. The van der Waals surface area contributed by atoms with E-state index in [0.717, 1.165) is 18.5 Å². The fraction of sp³-hybridized carbons (Fsp3) is 1.00. The molecule has 2 aliphatic rings. The molecular weight excluding hydrogens is 196 g/mol. The number of hydrogen-bond donors (Lipinski definition) is 1. The van der Waals surface area contributed by atoms with E-state index in [9.17, 15) is 0 Å². The van der Waals surface area contributed by atoms with E-state index in [1.807, 2.05) is 0 Å². The largest absolute Gasteiger partial charge is 0.326 e. The second kappa shape index (κ2) is 4.66. The van der Waals surface area contributed by atoms with Crippen molar-refractivity contribution in [1.82, 2.24) is 4.90 Å². The Balaban J connectivity index is 1.81. The summed E-state index contributed by atoms with van der Waals surface area (Å²) < 4.78 is 0. The van der Waals surface area contributed by atoms with E-state index in [0.29, 0.717) is 11.5 Å². The summed E-state index contributed by atoms with van der Waals surface area (Å²) >= 11 is 0. The molecule has 2 nitrogen and oxygen atoms in total. The molecule has 0 amide bonds. The third-order valence-electron chi connectivity index (χ3n) is 4.69. The SMILES string of the molecule is CC(C)(C)C1CCC(N2CC[C@@H](N)C2)CC1. The van der Waals surface area contributed by atoms with Crippen molar-refractivity contribution in [2.45, 2.75) is 65.0 Å². The molecule has 0 aromatic rings. The van der Waals surface area contributed by atoms with Gasteiger partial charge in [-0.1, -0.05) is 20.8 Å². The van der Waals surface area contributed by atoms with Crippen molar-refractivity contribution >= 4 is 0 Å². The average Bonchev–Trinajstić information content (AvgIpc) is 2.64. The van der Waals surface area contributed by atoms with Crippen LogP contribution < -0.4 is 5.73 Å². The van der Waals surface area contributed by atoms with Crippen molar-refractivity contribution in [3.63, 3.8) is 0 Å². The zero-order valence-corrected chi connectivity index (χ0v) is 11.2. The number of rotatable bonds is 1. The van der Waals surface area contributed by atoms with Gasteiger partial charge in [-0.25, -0.2) is 0 Å². The van der Waals surface area contributed by atoms with E-state index in [-0.39, 0.29) is 0 Å². The summed E-state index contributed by atoms with van der Waals surface area (Å²) in [6.45, 7) is 9.56. The van der Waals surface area contributed by atoms with Crippen LogP contribution in [0.3, 0.4) is 0 Å². The summed E-state index contributed by atoms with van der Waals surface area (Å²) in [5, 5.41) is 0. The lowest BCUT2D eigenvalue weighted by Gasteiger charge is -2.40. The van der Waals surface area contributed by atoms with Crippen LogP contribution in [0.2, 0.25) is 0 Å². The molecule has 0 radical (unpaired) electrons. The van der Waals surface area contributed by atoms with Crippen LogP contribution in [0.1, 0.15) is 52.9 Å². The van der Waals surface area contributed by atoms with Gasteiger partial charge >= 0.3 is 0 Å². The monoisotopic (exact) mass is 224 g/mol. The first-order valence-corrected chi connectivity index (χ1v) is 6.96. The minimum Gasteiger partial charge on any atom is -0.326 e. The zero-order chi connectivity index (χ0) is 11.8. The van der Waals surface area contributed by atoms with Gasteiger partial charge in [-0.05, 0) is 43.4 Å². The smallest absolute Gasteiger partial charge is 0.0180 e. The Morgan fingerprint density at radius 1 is 1.00 bits per heavy atom. The van der Waals surface area contributed by atoms with Gasteiger partial charge in [0, 0.05) is 25.2 Å². The highest BCUT2D eigenvalue weighted by atomic mass is 15.2. The summed E-state index contributed by atoms with van der Waals surface area (Å²) in [7, 11) is 0. The Morgan fingerprint density at radius 3 is 2.06 bits per heavy atom. The molecule has 0 spiro atoms. The first-order chi connectivity index (χ1) is 7.47. The van der Waals surface area contributed by atoms with Crippen molar-refractivity contribution in [3.05, 3.63) is 0 Å².